The van der Waals surface area contributed by atoms with E-state index in [1.807, 2.05) is 12.1 Å². The minimum atomic E-state index is -0.172. The van der Waals surface area contributed by atoms with Gasteiger partial charge in [0.25, 0.3) is 0 Å². The van der Waals surface area contributed by atoms with Gasteiger partial charge in [0, 0.05) is 0 Å². The molecule has 0 fully saturated rings. The smallest absolute Gasteiger partial charge is 0.123 e. The summed E-state index contributed by atoms with van der Waals surface area (Å²) in [5, 5.41) is 0. The minimum Gasteiger partial charge on any atom is -0.207 e. The van der Waals surface area contributed by atoms with Crippen molar-refractivity contribution in [2.75, 3.05) is 0 Å². The van der Waals surface area contributed by atoms with Gasteiger partial charge in [-0.3, -0.25) is 0 Å². The van der Waals surface area contributed by atoms with Crippen molar-refractivity contribution in [1.82, 2.24) is 0 Å². The zero-order chi connectivity index (χ0) is 11.2. The van der Waals surface area contributed by atoms with E-state index < -0.39 is 0 Å². The van der Waals surface area contributed by atoms with Crippen molar-refractivity contribution in [1.29, 1.82) is 0 Å². The van der Waals surface area contributed by atoms with Gasteiger partial charge in [0.15, 0.2) is 0 Å². The molecule has 0 radical (unpaired) electrons. The topological polar surface area (TPSA) is 0 Å². The summed E-state index contributed by atoms with van der Waals surface area (Å²) in [6.07, 6.45) is 13.7. The highest BCUT2D eigenvalue weighted by atomic mass is 19.1. The SMILES string of the molecule is Fc1ccc(CC2=CCC/C=C/C=C2)cc1. The molecular formula is C15H15F. The van der Waals surface area contributed by atoms with Gasteiger partial charge in [-0.1, -0.05) is 42.5 Å². The molecule has 0 spiro atoms. The third kappa shape index (κ3) is 3.20. The fraction of sp³-hybridized carbons (Fsp3) is 0.200. The summed E-state index contributed by atoms with van der Waals surface area (Å²) in [5.41, 5.74) is 2.46. The van der Waals surface area contributed by atoms with Crippen LogP contribution in [0.3, 0.4) is 0 Å². The number of hydrogen-bond donors (Lipinski definition) is 0. The van der Waals surface area contributed by atoms with E-state index in [2.05, 4.69) is 30.4 Å². The van der Waals surface area contributed by atoms with Crippen molar-refractivity contribution in [3.05, 3.63) is 71.6 Å². The Hall–Kier alpha value is -1.63. The molecule has 0 N–H and O–H groups in total. The van der Waals surface area contributed by atoms with E-state index in [4.69, 9.17) is 0 Å². The molecular weight excluding hydrogens is 199 g/mol. The number of rotatable bonds is 2. The Balaban J connectivity index is 2.08. The summed E-state index contributed by atoms with van der Waals surface area (Å²) in [6, 6.07) is 6.72. The molecule has 16 heavy (non-hydrogen) atoms. The Morgan fingerprint density at radius 3 is 2.62 bits per heavy atom. The molecule has 0 atom stereocenters. The van der Waals surface area contributed by atoms with E-state index in [0.717, 1.165) is 24.8 Å². The molecule has 0 bridgehead atoms. The number of benzene rings is 1. The Morgan fingerprint density at radius 1 is 1.00 bits per heavy atom. The molecule has 0 unspecified atom stereocenters. The van der Waals surface area contributed by atoms with Crippen LogP contribution in [0.25, 0.3) is 0 Å². The largest absolute Gasteiger partial charge is 0.207 e. The normalized spacial score (nSPS) is 17.4. The summed E-state index contributed by atoms with van der Waals surface area (Å²) in [7, 11) is 0. The summed E-state index contributed by atoms with van der Waals surface area (Å²) >= 11 is 0. The third-order valence-electron chi connectivity index (χ3n) is 2.62. The average Bonchev–Trinajstić information content (AvgIpc) is 2.25. The van der Waals surface area contributed by atoms with E-state index in [0.29, 0.717) is 0 Å². The standard InChI is InChI=1S/C15H15F/c16-15-10-8-14(9-11-15)12-13-6-4-2-1-3-5-7-13/h1-2,4,6-11H,3,5,12H2/b2-1+,6-4?,13-7?. The summed E-state index contributed by atoms with van der Waals surface area (Å²) < 4.78 is 12.7. The van der Waals surface area contributed by atoms with Gasteiger partial charge in [0.2, 0.25) is 0 Å². The zero-order valence-electron chi connectivity index (χ0n) is 9.20. The van der Waals surface area contributed by atoms with Crippen LogP contribution in [0.1, 0.15) is 18.4 Å². The van der Waals surface area contributed by atoms with E-state index >= 15 is 0 Å². The minimum absolute atomic E-state index is 0.172. The molecule has 1 aromatic carbocycles. The Bertz CT molecular complexity index is 421. The predicted octanol–water partition coefficient (Wildman–Crippen LogP) is 4.20. The second-order valence-corrected chi connectivity index (χ2v) is 3.95. The molecule has 2 rings (SSSR count). The van der Waals surface area contributed by atoms with Crippen LogP contribution in [0.5, 0.6) is 0 Å². The maximum Gasteiger partial charge on any atom is 0.123 e. The number of allylic oxidation sites excluding steroid dienone is 6. The molecule has 0 amide bonds. The van der Waals surface area contributed by atoms with Crippen LogP contribution in [0, 0.1) is 5.82 Å². The van der Waals surface area contributed by atoms with Crippen LogP contribution in [0.15, 0.2) is 60.2 Å². The Kier molecular flexibility index (Phi) is 3.71. The maximum atomic E-state index is 12.7. The molecule has 1 heteroatoms. The first kappa shape index (κ1) is 10.9. The Labute approximate surface area is 95.8 Å². The molecule has 0 nitrogen and oxygen atoms in total. The highest BCUT2D eigenvalue weighted by molar-refractivity contribution is 5.30. The monoisotopic (exact) mass is 214 g/mol. The van der Waals surface area contributed by atoms with Gasteiger partial charge >= 0.3 is 0 Å². The fourth-order valence-corrected chi connectivity index (χ4v) is 1.76. The highest BCUT2D eigenvalue weighted by Gasteiger charge is 1.98. The second kappa shape index (κ2) is 5.45. The van der Waals surface area contributed by atoms with Crippen molar-refractivity contribution >= 4 is 0 Å². The van der Waals surface area contributed by atoms with E-state index in [9.17, 15) is 4.39 Å². The van der Waals surface area contributed by atoms with E-state index in [-0.39, 0.29) is 5.82 Å². The maximum absolute atomic E-state index is 12.7. The summed E-state index contributed by atoms with van der Waals surface area (Å²) in [6.45, 7) is 0. The molecule has 1 aromatic rings. The van der Waals surface area contributed by atoms with Crippen LogP contribution >= 0.6 is 0 Å². The van der Waals surface area contributed by atoms with Crippen molar-refractivity contribution in [2.45, 2.75) is 19.3 Å². The van der Waals surface area contributed by atoms with E-state index in [1.165, 1.54) is 17.7 Å². The average molecular weight is 214 g/mol. The molecule has 0 aliphatic heterocycles. The van der Waals surface area contributed by atoms with Gasteiger partial charge in [-0.15, -0.1) is 0 Å². The quantitative estimate of drug-likeness (QED) is 0.692. The van der Waals surface area contributed by atoms with Gasteiger partial charge in [0.1, 0.15) is 5.82 Å². The summed E-state index contributed by atoms with van der Waals surface area (Å²) in [4.78, 5) is 0. The lowest BCUT2D eigenvalue weighted by Gasteiger charge is -2.04. The molecule has 82 valence electrons. The first-order valence-electron chi connectivity index (χ1n) is 5.61. The third-order valence-corrected chi connectivity index (χ3v) is 2.62. The Morgan fingerprint density at radius 2 is 1.81 bits per heavy atom. The van der Waals surface area contributed by atoms with Crippen molar-refractivity contribution in [3.8, 4) is 0 Å². The predicted molar refractivity (Wildman–Crippen MR) is 65.7 cm³/mol. The van der Waals surface area contributed by atoms with Crippen LogP contribution in [-0.4, -0.2) is 0 Å². The zero-order valence-corrected chi connectivity index (χ0v) is 9.20. The lowest BCUT2D eigenvalue weighted by atomic mass is 10.0. The van der Waals surface area contributed by atoms with Gasteiger partial charge < -0.3 is 0 Å². The lowest BCUT2D eigenvalue weighted by Crippen LogP contribution is -1.89. The molecule has 1 aliphatic rings. The number of halogens is 1. The molecule has 0 aromatic heterocycles. The molecule has 0 heterocycles. The van der Waals surface area contributed by atoms with Gasteiger partial charge in [0.05, 0.1) is 0 Å². The first-order valence-corrected chi connectivity index (χ1v) is 5.61. The molecule has 1 aliphatic carbocycles. The fourth-order valence-electron chi connectivity index (χ4n) is 1.76. The van der Waals surface area contributed by atoms with Gasteiger partial charge in [-0.25, -0.2) is 4.39 Å². The second-order valence-electron chi connectivity index (χ2n) is 3.95. The van der Waals surface area contributed by atoms with E-state index in [1.54, 1.807) is 0 Å². The highest BCUT2D eigenvalue weighted by Crippen LogP contribution is 2.13. The molecule has 0 saturated carbocycles. The number of hydrogen-bond acceptors (Lipinski definition) is 0. The summed E-state index contributed by atoms with van der Waals surface area (Å²) in [5.74, 6) is -0.172. The first-order chi connectivity index (χ1) is 7.84. The van der Waals surface area contributed by atoms with Crippen molar-refractivity contribution in [2.24, 2.45) is 0 Å². The van der Waals surface area contributed by atoms with Crippen LogP contribution in [0.4, 0.5) is 4.39 Å². The van der Waals surface area contributed by atoms with Crippen molar-refractivity contribution < 1.29 is 4.39 Å². The van der Waals surface area contributed by atoms with Gasteiger partial charge in [-0.05, 0) is 42.5 Å². The van der Waals surface area contributed by atoms with Crippen molar-refractivity contribution in [3.63, 3.8) is 0 Å². The lowest BCUT2D eigenvalue weighted by molar-refractivity contribution is 0.627. The van der Waals surface area contributed by atoms with Crippen LogP contribution in [-0.2, 0) is 6.42 Å². The van der Waals surface area contributed by atoms with Gasteiger partial charge in [-0.2, -0.15) is 0 Å². The van der Waals surface area contributed by atoms with Crippen LogP contribution in [0.2, 0.25) is 0 Å². The van der Waals surface area contributed by atoms with Crippen LogP contribution < -0.4 is 0 Å². The molecule has 0 saturated heterocycles.